The third-order valence-corrected chi connectivity index (χ3v) is 4.15. The first-order chi connectivity index (χ1) is 12.0. The maximum Gasteiger partial charge on any atom is 0.373 e. The Labute approximate surface area is 144 Å². The average Bonchev–Trinajstić information content (AvgIpc) is 3.02. The van der Waals surface area contributed by atoms with Gasteiger partial charge in [0.25, 0.3) is 0 Å². The zero-order valence-electron chi connectivity index (χ0n) is 14.5. The zero-order chi connectivity index (χ0) is 18.1. The highest BCUT2D eigenvalue weighted by molar-refractivity contribution is 5.89. The van der Waals surface area contributed by atoms with Crippen LogP contribution in [0, 0.1) is 6.92 Å². The predicted molar refractivity (Wildman–Crippen MR) is 92.2 cm³/mol. The van der Waals surface area contributed by atoms with Crippen LogP contribution in [0.15, 0.2) is 38.1 Å². The summed E-state index contributed by atoms with van der Waals surface area (Å²) in [6.07, 6.45) is 2.09. The van der Waals surface area contributed by atoms with Gasteiger partial charge in [-0.2, -0.15) is 0 Å². The van der Waals surface area contributed by atoms with Gasteiger partial charge in [0.05, 0.1) is 25.2 Å². The highest BCUT2D eigenvalue weighted by Gasteiger charge is 2.20. The topological polar surface area (TPSA) is 78.9 Å². The molecule has 0 unspecified atom stereocenters. The summed E-state index contributed by atoms with van der Waals surface area (Å²) >= 11 is 0. The van der Waals surface area contributed by atoms with E-state index < -0.39 is 5.97 Å². The van der Waals surface area contributed by atoms with Crippen molar-refractivity contribution >= 4 is 16.9 Å². The van der Waals surface area contributed by atoms with Gasteiger partial charge < -0.3 is 18.3 Å². The van der Waals surface area contributed by atoms with Gasteiger partial charge in [-0.3, -0.25) is 4.79 Å². The van der Waals surface area contributed by atoms with Crippen molar-refractivity contribution in [1.82, 2.24) is 0 Å². The predicted octanol–water partition coefficient (Wildman–Crippen LogP) is 3.72. The van der Waals surface area contributed by atoms with Crippen LogP contribution in [0.3, 0.4) is 0 Å². The summed E-state index contributed by atoms with van der Waals surface area (Å²) in [6, 6.07) is 4.98. The average molecular weight is 342 g/mol. The van der Waals surface area contributed by atoms with E-state index in [2.05, 4.69) is 4.74 Å². The molecular weight excluding hydrogens is 324 g/mol. The maximum absolute atomic E-state index is 12.9. The number of benzene rings is 1. The van der Waals surface area contributed by atoms with Crippen molar-refractivity contribution in [2.75, 3.05) is 14.2 Å². The normalized spacial score (nSPS) is 10.9. The summed E-state index contributed by atoms with van der Waals surface area (Å²) < 4.78 is 21.0. The van der Waals surface area contributed by atoms with Gasteiger partial charge in [0, 0.05) is 11.6 Å². The largest absolute Gasteiger partial charge is 0.496 e. The minimum Gasteiger partial charge on any atom is -0.496 e. The first-order valence-corrected chi connectivity index (χ1v) is 7.81. The lowest BCUT2D eigenvalue weighted by Gasteiger charge is -2.08. The second-order valence-corrected chi connectivity index (χ2v) is 5.56. The van der Waals surface area contributed by atoms with E-state index in [9.17, 15) is 9.59 Å². The Bertz CT molecular complexity index is 1010. The third-order valence-electron chi connectivity index (χ3n) is 4.15. The van der Waals surface area contributed by atoms with Crippen molar-refractivity contribution in [1.29, 1.82) is 0 Å². The van der Waals surface area contributed by atoms with E-state index in [1.165, 1.54) is 19.4 Å². The van der Waals surface area contributed by atoms with Crippen LogP contribution in [0.25, 0.3) is 22.1 Å². The molecule has 0 radical (unpaired) electrons. The first kappa shape index (κ1) is 16.8. The van der Waals surface area contributed by atoms with Crippen LogP contribution in [-0.2, 0) is 11.2 Å². The van der Waals surface area contributed by atoms with Crippen LogP contribution in [0.2, 0.25) is 0 Å². The smallest absolute Gasteiger partial charge is 0.373 e. The quantitative estimate of drug-likeness (QED) is 0.672. The van der Waals surface area contributed by atoms with Crippen molar-refractivity contribution in [3.8, 4) is 16.9 Å². The molecule has 0 aliphatic heterocycles. The van der Waals surface area contributed by atoms with Crippen LogP contribution in [0.5, 0.6) is 5.75 Å². The number of aryl methyl sites for hydroxylation is 2. The van der Waals surface area contributed by atoms with Crippen molar-refractivity contribution < 1.29 is 23.1 Å². The number of fused-ring (bicyclic) bond motifs is 1. The van der Waals surface area contributed by atoms with Gasteiger partial charge in [0.15, 0.2) is 0 Å². The second-order valence-electron chi connectivity index (χ2n) is 5.56. The summed E-state index contributed by atoms with van der Waals surface area (Å²) in [5.74, 6) is 0.561. The van der Waals surface area contributed by atoms with E-state index >= 15 is 0 Å². The SMILES string of the molecule is CCc1cc2c(=O)c(-c3cc(C(=O)OC)oc3C)coc2cc1OC. The second kappa shape index (κ2) is 6.47. The van der Waals surface area contributed by atoms with E-state index in [1.54, 1.807) is 26.2 Å². The molecule has 3 rings (SSSR count). The Balaban J connectivity index is 2.22. The molecule has 0 aliphatic carbocycles. The lowest BCUT2D eigenvalue weighted by Crippen LogP contribution is -2.06. The fourth-order valence-electron chi connectivity index (χ4n) is 2.80. The molecule has 6 heteroatoms. The summed E-state index contributed by atoms with van der Waals surface area (Å²) in [5.41, 5.74) is 2.00. The number of carbonyl (C=O) groups is 1. The molecule has 0 saturated carbocycles. The summed E-state index contributed by atoms with van der Waals surface area (Å²) in [5, 5.41) is 0.454. The van der Waals surface area contributed by atoms with Gasteiger partial charge >= 0.3 is 5.97 Å². The summed E-state index contributed by atoms with van der Waals surface area (Å²) in [4.78, 5) is 24.6. The van der Waals surface area contributed by atoms with Gasteiger partial charge in [0.2, 0.25) is 11.2 Å². The number of furan rings is 1. The summed E-state index contributed by atoms with van der Waals surface area (Å²) in [7, 11) is 2.85. The number of esters is 1. The molecule has 2 aromatic heterocycles. The van der Waals surface area contributed by atoms with Gasteiger partial charge in [0.1, 0.15) is 23.4 Å². The van der Waals surface area contributed by atoms with Gasteiger partial charge in [-0.1, -0.05) is 6.92 Å². The highest BCUT2D eigenvalue weighted by Crippen LogP contribution is 2.29. The fraction of sp³-hybridized carbons (Fsp3) is 0.263. The molecule has 130 valence electrons. The number of methoxy groups -OCH3 is 2. The molecule has 3 aromatic rings. The number of ether oxygens (including phenoxy) is 2. The lowest BCUT2D eigenvalue weighted by atomic mass is 10.0. The highest BCUT2D eigenvalue weighted by atomic mass is 16.5. The first-order valence-electron chi connectivity index (χ1n) is 7.81. The van der Waals surface area contributed by atoms with E-state index in [0.717, 1.165) is 12.0 Å². The molecule has 0 spiro atoms. The molecule has 25 heavy (non-hydrogen) atoms. The number of carbonyl (C=O) groups excluding carboxylic acids is 1. The standard InChI is InChI=1S/C19H18O6/c1-5-11-6-13-16(8-15(11)22-3)24-9-14(18(13)20)12-7-17(19(21)23-4)25-10(12)2/h6-9H,5H2,1-4H3. The van der Waals surface area contributed by atoms with Crippen LogP contribution < -0.4 is 10.2 Å². The number of rotatable bonds is 4. The zero-order valence-corrected chi connectivity index (χ0v) is 14.5. The van der Waals surface area contributed by atoms with Crippen LogP contribution in [-0.4, -0.2) is 20.2 Å². The maximum atomic E-state index is 12.9. The van der Waals surface area contributed by atoms with Gasteiger partial charge in [-0.15, -0.1) is 0 Å². The molecule has 0 bridgehead atoms. The van der Waals surface area contributed by atoms with Crippen molar-refractivity contribution in [3.63, 3.8) is 0 Å². The Kier molecular flexibility index (Phi) is 4.35. The minimum absolute atomic E-state index is 0.0403. The molecule has 6 nitrogen and oxygen atoms in total. The molecule has 0 aliphatic rings. The van der Waals surface area contributed by atoms with Crippen molar-refractivity contribution in [2.24, 2.45) is 0 Å². The Morgan fingerprint density at radius 2 is 1.92 bits per heavy atom. The van der Waals surface area contributed by atoms with Gasteiger partial charge in [-0.05, 0) is 31.0 Å². The lowest BCUT2D eigenvalue weighted by molar-refractivity contribution is 0.0563. The van der Waals surface area contributed by atoms with E-state index in [0.29, 0.717) is 33.6 Å². The minimum atomic E-state index is -0.600. The number of hydrogen-bond acceptors (Lipinski definition) is 6. The fourth-order valence-corrected chi connectivity index (χ4v) is 2.80. The van der Waals surface area contributed by atoms with Crippen LogP contribution in [0.1, 0.15) is 28.8 Å². The Morgan fingerprint density at radius 3 is 2.56 bits per heavy atom. The molecule has 0 saturated heterocycles. The molecule has 1 aromatic carbocycles. The Hall–Kier alpha value is -3.02. The third kappa shape index (κ3) is 2.80. The van der Waals surface area contributed by atoms with E-state index in [4.69, 9.17) is 13.6 Å². The molecule has 0 atom stereocenters. The molecule has 2 heterocycles. The van der Waals surface area contributed by atoms with Gasteiger partial charge in [-0.25, -0.2) is 4.79 Å². The number of hydrogen-bond donors (Lipinski definition) is 0. The monoisotopic (exact) mass is 342 g/mol. The van der Waals surface area contributed by atoms with Crippen molar-refractivity contribution in [3.05, 3.63) is 51.8 Å². The molecular formula is C19H18O6. The van der Waals surface area contributed by atoms with Crippen LogP contribution >= 0.6 is 0 Å². The molecule has 0 amide bonds. The molecule has 0 fully saturated rings. The Morgan fingerprint density at radius 1 is 1.16 bits per heavy atom. The van der Waals surface area contributed by atoms with E-state index in [1.807, 2.05) is 6.92 Å². The van der Waals surface area contributed by atoms with E-state index in [-0.39, 0.29) is 11.2 Å². The molecule has 0 N–H and O–H groups in total. The van der Waals surface area contributed by atoms with Crippen LogP contribution in [0.4, 0.5) is 0 Å². The summed E-state index contributed by atoms with van der Waals surface area (Å²) in [6.45, 7) is 3.66. The van der Waals surface area contributed by atoms with Crippen molar-refractivity contribution in [2.45, 2.75) is 20.3 Å².